The molecule has 1 aromatic carbocycles. The van der Waals surface area contributed by atoms with Crippen LogP contribution in [0.3, 0.4) is 0 Å². The number of Topliss-reactive ketones (excluding diaryl/α,β-unsaturated/α-hetero) is 2. The van der Waals surface area contributed by atoms with E-state index >= 15 is 0 Å². The first-order chi connectivity index (χ1) is 10.9. The second-order valence-corrected chi connectivity index (χ2v) is 5.65. The van der Waals surface area contributed by atoms with Gasteiger partial charge in [-0.3, -0.25) is 14.2 Å². The number of nitrogens with one attached hydrogen (secondary N) is 1. The first kappa shape index (κ1) is 16.9. The topological polar surface area (TPSA) is 81.1 Å². The molecule has 1 aromatic heterocycles. The molecule has 0 saturated carbocycles. The fraction of sp³-hybridized carbons (Fsp3) is 0.412. The summed E-state index contributed by atoms with van der Waals surface area (Å²) in [4.78, 5) is 40.7. The van der Waals surface area contributed by atoms with Crippen LogP contribution in [0.1, 0.15) is 38.6 Å². The van der Waals surface area contributed by atoms with Crippen LogP contribution in [0, 0.1) is 6.92 Å². The summed E-state index contributed by atoms with van der Waals surface area (Å²) >= 11 is 0. The van der Waals surface area contributed by atoms with E-state index in [2.05, 4.69) is 10.3 Å². The second kappa shape index (κ2) is 6.73. The number of aromatic nitrogens is 2. The Kier molecular flexibility index (Phi) is 4.93. The van der Waals surface area contributed by atoms with E-state index in [9.17, 15) is 14.4 Å². The smallest absolute Gasteiger partial charge is 0.264 e. The fourth-order valence-corrected chi connectivity index (χ4v) is 2.78. The molecule has 6 nitrogen and oxygen atoms in total. The van der Waals surface area contributed by atoms with Crippen LogP contribution in [0.4, 0.5) is 5.69 Å². The average Bonchev–Trinajstić information content (AvgIpc) is 2.48. The average molecular weight is 315 g/mol. The highest BCUT2D eigenvalue weighted by molar-refractivity contribution is 5.91. The van der Waals surface area contributed by atoms with Crippen LogP contribution in [0.15, 0.2) is 23.0 Å². The molecule has 0 aliphatic carbocycles. The molecule has 6 heteroatoms. The van der Waals surface area contributed by atoms with Crippen LogP contribution in [-0.4, -0.2) is 28.2 Å². The Hall–Kier alpha value is -2.50. The van der Waals surface area contributed by atoms with Crippen LogP contribution < -0.4 is 10.9 Å². The second-order valence-electron chi connectivity index (χ2n) is 5.65. The zero-order valence-corrected chi connectivity index (χ0v) is 13.8. The fourth-order valence-electron chi connectivity index (χ4n) is 2.78. The number of hydrogen-bond acceptors (Lipinski definition) is 5. The van der Waals surface area contributed by atoms with Crippen molar-refractivity contribution in [1.29, 1.82) is 0 Å². The van der Waals surface area contributed by atoms with E-state index in [1.54, 1.807) is 26.1 Å². The minimum atomic E-state index is -0.673. The molecule has 23 heavy (non-hydrogen) atoms. The number of anilines is 1. The van der Waals surface area contributed by atoms with Crippen molar-refractivity contribution in [3.8, 4) is 0 Å². The molecule has 1 heterocycles. The Labute approximate surface area is 134 Å². The highest BCUT2D eigenvalue weighted by atomic mass is 16.1. The Morgan fingerprint density at radius 1 is 1.30 bits per heavy atom. The summed E-state index contributed by atoms with van der Waals surface area (Å²) in [5, 5.41) is 3.44. The molecular formula is C17H21N3O3. The number of aryl methyl sites for hydroxylation is 1. The monoisotopic (exact) mass is 315 g/mol. The summed E-state index contributed by atoms with van der Waals surface area (Å²) in [6.45, 7) is 4.62. The van der Waals surface area contributed by atoms with Gasteiger partial charge in [0.05, 0.1) is 16.9 Å². The van der Waals surface area contributed by atoms with Crippen molar-refractivity contribution in [1.82, 2.24) is 9.55 Å². The number of benzene rings is 1. The molecule has 0 spiro atoms. The third-order valence-electron chi connectivity index (χ3n) is 3.93. The third kappa shape index (κ3) is 3.31. The summed E-state index contributed by atoms with van der Waals surface area (Å²) in [5.74, 6) is 0.311. The van der Waals surface area contributed by atoms with Gasteiger partial charge in [0, 0.05) is 19.2 Å². The summed E-state index contributed by atoms with van der Waals surface area (Å²) < 4.78 is 1.41. The van der Waals surface area contributed by atoms with E-state index < -0.39 is 6.04 Å². The number of hydrogen-bond donors (Lipinski definition) is 1. The molecule has 0 bridgehead atoms. The Morgan fingerprint density at radius 3 is 2.57 bits per heavy atom. The molecule has 0 radical (unpaired) electrons. The van der Waals surface area contributed by atoms with Crippen molar-refractivity contribution >= 4 is 28.2 Å². The zero-order chi connectivity index (χ0) is 17.1. The first-order valence-corrected chi connectivity index (χ1v) is 7.56. The molecule has 1 unspecified atom stereocenters. The number of rotatable bonds is 6. The van der Waals surface area contributed by atoms with Gasteiger partial charge in [0.1, 0.15) is 11.6 Å². The standard InChI is InChI=1S/C17H21N3O3/c1-10(21)8-9-15(11(2)22)20-12(3)19-14-7-5-6-13(18-4)16(14)17(20)23/h5-7,15,18H,8-9H2,1-4H3. The van der Waals surface area contributed by atoms with Gasteiger partial charge < -0.3 is 10.1 Å². The van der Waals surface area contributed by atoms with Gasteiger partial charge in [-0.1, -0.05) is 6.07 Å². The van der Waals surface area contributed by atoms with Gasteiger partial charge in [-0.25, -0.2) is 4.98 Å². The number of fused-ring (bicyclic) bond motifs is 1. The Morgan fingerprint density at radius 2 is 2.00 bits per heavy atom. The normalized spacial score (nSPS) is 12.2. The van der Waals surface area contributed by atoms with Crippen LogP contribution in [0.5, 0.6) is 0 Å². The van der Waals surface area contributed by atoms with Crippen molar-refractivity contribution in [2.24, 2.45) is 0 Å². The molecule has 2 aromatic rings. The maximum absolute atomic E-state index is 13.0. The lowest BCUT2D eigenvalue weighted by Crippen LogP contribution is -2.32. The third-order valence-corrected chi connectivity index (χ3v) is 3.93. The quantitative estimate of drug-likeness (QED) is 0.884. The largest absolute Gasteiger partial charge is 0.387 e. The van der Waals surface area contributed by atoms with Gasteiger partial charge in [-0.2, -0.15) is 0 Å². The zero-order valence-electron chi connectivity index (χ0n) is 13.8. The van der Waals surface area contributed by atoms with Gasteiger partial charge in [0.2, 0.25) is 0 Å². The minimum absolute atomic E-state index is 0.00776. The van der Waals surface area contributed by atoms with Gasteiger partial charge in [0.25, 0.3) is 5.56 Å². The van der Waals surface area contributed by atoms with E-state index in [0.717, 1.165) is 0 Å². The van der Waals surface area contributed by atoms with Crippen LogP contribution >= 0.6 is 0 Å². The van der Waals surface area contributed by atoms with Gasteiger partial charge >= 0.3 is 0 Å². The predicted molar refractivity (Wildman–Crippen MR) is 89.9 cm³/mol. The molecular weight excluding hydrogens is 294 g/mol. The van der Waals surface area contributed by atoms with Crippen LogP contribution in [-0.2, 0) is 9.59 Å². The number of nitrogens with zero attached hydrogens (tertiary/aromatic N) is 2. The highest BCUT2D eigenvalue weighted by Gasteiger charge is 2.22. The molecule has 1 atom stereocenters. The Balaban J connectivity index is 2.69. The van der Waals surface area contributed by atoms with Crippen molar-refractivity contribution in [2.75, 3.05) is 12.4 Å². The molecule has 0 aliphatic rings. The van der Waals surface area contributed by atoms with E-state index in [1.807, 2.05) is 6.07 Å². The summed E-state index contributed by atoms with van der Waals surface area (Å²) in [6.07, 6.45) is 0.558. The highest BCUT2D eigenvalue weighted by Crippen LogP contribution is 2.21. The maximum Gasteiger partial charge on any atom is 0.264 e. The minimum Gasteiger partial charge on any atom is -0.387 e. The summed E-state index contributed by atoms with van der Waals surface area (Å²) in [5.41, 5.74) is 0.994. The maximum atomic E-state index is 13.0. The van der Waals surface area contributed by atoms with E-state index in [1.165, 1.54) is 18.4 Å². The number of carbonyl (C=O) groups excluding carboxylic acids is 2. The number of carbonyl (C=O) groups is 2. The van der Waals surface area contributed by atoms with Crippen molar-refractivity contribution in [3.63, 3.8) is 0 Å². The van der Waals surface area contributed by atoms with E-state index in [4.69, 9.17) is 0 Å². The van der Waals surface area contributed by atoms with E-state index in [0.29, 0.717) is 28.8 Å². The molecule has 2 rings (SSSR count). The summed E-state index contributed by atoms with van der Waals surface area (Å²) in [6, 6.07) is 4.72. The van der Waals surface area contributed by atoms with Gasteiger partial charge in [0.15, 0.2) is 5.78 Å². The molecule has 0 fully saturated rings. The van der Waals surface area contributed by atoms with Crippen LogP contribution in [0.2, 0.25) is 0 Å². The molecule has 0 amide bonds. The predicted octanol–water partition coefficient (Wildman–Crippen LogP) is 2.25. The number of ketones is 2. The van der Waals surface area contributed by atoms with Crippen molar-refractivity contribution in [2.45, 2.75) is 39.7 Å². The lowest BCUT2D eigenvalue weighted by atomic mass is 10.0. The molecule has 0 aliphatic heterocycles. The molecule has 122 valence electrons. The van der Waals surface area contributed by atoms with Crippen LogP contribution in [0.25, 0.3) is 10.9 Å². The van der Waals surface area contributed by atoms with Crippen molar-refractivity contribution < 1.29 is 9.59 Å². The van der Waals surface area contributed by atoms with Gasteiger partial charge in [-0.05, 0) is 39.3 Å². The first-order valence-electron chi connectivity index (χ1n) is 7.56. The van der Waals surface area contributed by atoms with Gasteiger partial charge in [-0.15, -0.1) is 0 Å². The van der Waals surface area contributed by atoms with Crippen molar-refractivity contribution in [3.05, 3.63) is 34.4 Å². The lowest BCUT2D eigenvalue weighted by molar-refractivity contribution is -0.121. The molecule has 1 N–H and O–H groups in total. The Bertz CT molecular complexity index is 824. The molecule has 0 saturated heterocycles. The lowest BCUT2D eigenvalue weighted by Gasteiger charge is -2.20. The van der Waals surface area contributed by atoms with E-state index in [-0.39, 0.29) is 23.5 Å². The summed E-state index contributed by atoms with van der Waals surface area (Å²) in [7, 11) is 1.73. The SMILES string of the molecule is CNc1cccc2nc(C)n(C(CCC(C)=O)C(C)=O)c(=O)c12.